The Morgan fingerprint density at radius 3 is 3.00 bits per heavy atom. The molecule has 1 saturated heterocycles. The first-order chi connectivity index (χ1) is 7.42. The summed E-state index contributed by atoms with van der Waals surface area (Å²) in [6.45, 7) is 0. The second kappa shape index (κ2) is 3.65. The van der Waals surface area contributed by atoms with E-state index in [0.29, 0.717) is 6.10 Å². The third-order valence-corrected chi connectivity index (χ3v) is 3.67. The van der Waals surface area contributed by atoms with Crippen molar-refractivity contribution < 1.29 is 4.65 Å². The van der Waals surface area contributed by atoms with Crippen LogP contribution >= 0.6 is 0 Å². The van der Waals surface area contributed by atoms with Crippen LogP contribution in [-0.4, -0.2) is 13.7 Å². The highest BCUT2D eigenvalue weighted by Crippen LogP contribution is 2.41. The molecule has 1 aromatic carbocycles. The molecular formula is C12H15BNO. The summed E-state index contributed by atoms with van der Waals surface area (Å²) in [5.41, 5.74) is 1.42. The number of benzene rings is 1. The van der Waals surface area contributed by atoms with Crippen molar-refractivity contribution in [3.63, 3.8) is 0 Å². The van der Waals surface area contributed by atoms with E-state index < -0.39 is 0 Å². The molecule has 2 atom stereocenters. The first-order valence-corrected chi connectivity index (χ1v) is 5.72. The minimum Gasteiger partial charge on any atom is -0.419 e. The van der Waals surface area contributed by atoms with Crippen molar-refractivity contribution >= 4 is 7.62 Å². The van der Waals surface area contributed by atoms with E-state index in [2.05, 4.69) is 35.6 Å². The molecule has 1 heterocycles. The number of nitrogens with one attached hydrogen (secondary N) is 1. The highest BCUT2D eigenvalue weighted by atomic mass is 16.5. The molecule has 1 N–H and O–H groups in total. The van der Waals surface area contributed by atoms with Crippen molar-refractivity contribution in [1.82, 2.24) is 5.23 Å². The molecule has 1 aliphatic heterocycles. The van der Waals surface area contributed by atoms with E-state index in [1.807, 2.05) is 0 Å². The Labute approximate surface area is 91.3 Å². The van der Waals surface area contributed by atoms with Crippen LogP contribution in [0, 0.1) is 0 Å². The van der Waals surface area contributed by atoms with Gasteiger partial charge in [-0.15, -0.1) is 0 Å². The fourth-order valence-corrected chi connectivity index (χ4v) is 2.86. The second-order valence-corrected chi connectivity index (χ2v) is 4.47. The standard InChI is InChI=1S/C12H15BNO/c1-2-6-10(7-3-1)12-9-5-4-8-11(12)15-13-14-12/h1-3,6-7,11,14H,4-5,8-9H2/t11-,12-/m0/s1. The maximum atomic E-state index is 5.68. The topological polar surface area (TPSA) is 21.3 Å². The predicted molar refractivity (Wildman–Crippen MR) is 60.4 cm³/mol. The summed E-state index contributed by atoms with van der Waals surface area (Å²) in [6.07, 6.45) is 5.25. The van der Waals surface area contributed by atoms with Crippen LogP contribution in [0.5, 0.6) is 0 Å². The van der Waals surface area contributed by atoms with Crippen LogP contribution in [0.4, 0.5) is 0 Å². The Balaban J connectivity index is 2.00. The highest BCUT2D eigenvalue weighted by molar-refractivity contribution is 6.25. The van der Waals surface area contributed by atoms with Gasteiger partial charge in [0.05, 0.1) is 11.6 Å². The maximum absolute atomic E-state index is 5.68. The van der Waals surface area contributed by atoms with Crippen molar-refractivity contribution in [2.24, 2.45) is 0 Å². The zero-order chi connectivity index (χ0) is 10.1. The van der Waals surface area contributed by atoms with E-state index >= 15 is 0 Å². The lowest BCUT2D eigenvalue weighted by Crippen LogP contribution is -2.47. The largest absolute Gasteiger partial charge is 0.419 e. The van der Waals surface area contributed by atoms with Crippen molar-refractivity contribution in [3.8, 4) is 0 Å². The van der Waals surface area contributed by atoms with E-state index in [-0.39, 0.29) is 5.54 Å². The molecular weight excluding hydrogens is 185 g/mol. The summed E-state index contributed by atoms with van der Waals surface area (Å²) in [5, 5.41) is 3.44. The average molecular weight is 200 g/mol. The molecule has 1 saturated carbocycles. The van der Waals surface area contributed by atoms with Crippen LogP contribution in [-0.2, 0) is 10.2 Å². The summed E-state index contributed by atoms with van der Waals surface area (Å²) in [6, 6.07) is 10.7. The van der Waals surface area contributed by atoms with E-state index in [0.717, 1.165) is 0 Å². The molecule has 1 radical (unpaired) electrons. The average Bonchev–Trinajstić information content (AvgIpc) is 2.75. The van der Waals surface area contributed by atoms with Crippen molar-refractivity contribution in [3.05, 3.63) is 35.9 Å². The van der Waals surface area contributed by atoms with Gasteiger partial charge in [0.2, 0.25) is 0 Å². The normalized spacial score (nSPS) is 34.5. The first-order valence-electron chi connectivity index (χ1n) is 5.72. The Morgan fingerprint density at radius 2 is 2.13 bits per heavy atom. The lowest BCUT2D eigenvalue weighted by Gasteiger charge is -2.39. The van der Waals surface area contributed by atoms with Crippen LogP contribution in [0.25, 0.3) is 0 Å². The Morgan fingerprint density at radius 1 is 1.27 bits per heavy atom. The monoisotopic (exact) mass is 200 g/mol. The third-order valence-electron chi connectivity index (χ3n) is 3.67. The van der Waals surface area contributed by atoms with Crippen molar-refractivity contribution in [2.75, 3.05) is 0 Å². The molecule has 1 aliphatic carbocycles. The molecule has 15 heavy (non-hydrogen) atoms. The number of hydrogen-bond acceptors (Lipinski definition) is 2. The number of fused-ring (bicyclic) bond motifs is 1. The minimum atomic E-state index is 0.0551. The van der Waals surface area contributed by atoms with Crippen LogP contribution in [0.1, 0.15) is 31.2 Å². The quantitative estimate of drug-likeness (QED) is 0.700. The van der Waals surface area contributed by atoms with Gasteiger partial charge in [-0.3, -0.25) is 0 Å². The first kappa shape index (κ1) is 9.43. The Kier molecular flexibility index (Phi) is 2.30. The van der Waals surface area contributed by atoms with Crippen LogP contribution < -0.4 is 5.23 Å². The molecule has 2 nitrogen and oxygen atoms in total. The molecule has 2 aliphatic rings. The van der Waals surface area contributed by atoms with E-state index in [1.165, 1.54) is 31.2 Å². The second-order valence-electron chi connectivity index (χ2n) is 4.47. The Bertz CT molecular complexity index is 343. The Hall–Kier alpha value is -0.795. The van der Waals surface area contributed by atoms with E-state index in [9.17, 15) is 0 Å². The van der Waals surface area contributed by atoms with Crippen LogP contribution in [0.3, 0.4) is 0 Å². The smallest absolute Gasteiger partial charge is 0.396 e. The number of hydrogen-bond donors (Lipinski definition) is 1. The fourth-order valence-electron chi connectivity index (χ4n) is 2.86. The molecule has 0 spiro atoms. The van der Waals surface area contributed by atoms with Gasteiger partial charge in [-0.05, 0) is 18.4 Å². The van der Waals surface area contributed by atoms with Gasteiger partial charge in [0.1, 0.15) is 0 Å². The van der Waals surface area contributed by atoms with Gasteiger partial charge in [-0.25, -0.2) is 0 Å². The molecule has 77 valence electrons. The maximum Gasteiger partial charge on any atom is 0.396 e. The molecule has 3 heteroatoms. The van der Waals surface area contributed by atoms with Gasteiger partial charge >= 0.3 is 7.62 Å². The van der Waals surface area contributed by atoms with Gasteiger partial charge in [-0.2, -0.15) is 0 Å². The fraction of sp³-hybridized carbons (Fsp3) is 0.500. The summed E-state index contributed by atoms with van der Waals surface area (Å²) in [5.74, 6) is 0. The molecule has 0 amide bonds. The summed E-state index contributed by atoms with van der Waals surface area (Å²) in [4.78, 5) is 0. The lowest BCUT2D eigenvalue weighted by molar-refractivity contribution is 0.102. The van der Waals surface area contributed by atoms with Gasteiger partial charge in [-0.1, -0.05) is 43.2 Å². The summed E-state index contributed by atoms with van der Waals surface area (Å²) in [7, 11) is 1.78. The summed E-state index contributed by atoms with van der Waals surface area (Å²) >= 11 is 0. The predicted octanol–water partition coefficient (Wildman–Crippen LogP) is 1.98. The van der Waals surface area contributed by atoms with E-state index in [4.69, 9.17) is 4.65 Å². The lowest BCUT2D eigenvalue weighted by atomic mass is 9.74. The molecule has 2 fully saturated rings. The zero-order valence-corrected chi connectivity index (χ0v) is 8.78. The van der Waals surface area contributed by atoms with Gasteiger partial charge in [0, 0.05) is 0 Å². The SMILES string of the molecule is [B]1N[C@]2(c3ccccc3)CCCC[C@@H]2O1. The highest BCUT2D eigenvalue weighted by Gasteiger charge is 2.46. The van der Waals surface area contributed by atoms with Crippen LogP contribution in [0.15, 0.2) is 30.3 Å². The van der Waals surface area contributed by atoms with Crippen LogP contribution in [0.2, 0.25) is 0 Å². The molecule has 0 bridgehead atoms. The molecule has 3 rings (SSSR count). The van der Waals surface area contributed by atoms with Crippen molar-refractivity contribution in [2.45, 2.75) is 37.3 Å². The zero-order valence-electron chi connectivity index (χ0n) is 8.78. The molecule has 1 aromatic rings. The molecule has 0 unspecified atom stereocenters. The van der Waals surface area contributed by atoms with E-state index in [1.54, 1.807) is 7.62 Å². The van der Waals surface area contributed by atoms with Gasteiger partial charge < -0.3 is 9.88 Å². The summed E-state index contributed by atoms with van der Waals surface area (Å²) < 4.78 is 5.68. The van der Waals surface area contributed by atoms with Crippen molar-refractivity contribution in [1.29, 1.82) is 0 Å². The van der Waals surface area contributed by atoms with Gasteiger partial charge in [0.25, 0.3) is 0 Å². The van der Waals surface area contributed by atoms with Gasteiger partial charge in [0.15, 0.2) is 0 Å². The third kappa shape index (κ3) is 1.42. The number of rotatable bonds is 1. The molecule has 0 aromatic heterocycles. The minimum absolute atomic E-state index is 0.0551.